The van der Waals surface area contributed by atoms with Crippen LogP contribution in [0.15, 0.2) is 6.20 Å². The van der Waals surface area contributed by atoms with Gasteiger partial charge in [-0.2, -0.15) is 0 Å². The number of hydrogen-bond acceptors (Lipinski definition) is 3. The third-order valence-electron chi connectivity index (χ3n) is 4.19. The molecule has 1 saturated carbocycles. The van der Waals surface area contributed by atoms with Crippen molar-refractivity contribution < 1.29 is 9.53 Å². The van der Waals surface area contributed by atoms with Crippen LogP contribution in [0.25, 0.3) is 0 Å². The van der Waals surface area contributed by atoms with Crippen LogP contribution in [-0.4, -0.2) is 42.4 Å². The first-order valence-electron chi connectivity index (χ1n) is 8.25. The third-order valence-corrected chi connectivity index (χ3v) is 4.19. The van der Waals surface area contributed by atoms with Gasteiger partial charge in [-0.05, 0) is 26.2 Å². The van der Waals surface area contributed by atoms with Gasteiger partial charge in [-0.3, -0.25) is 0 Å². The molecule has 1 heterocycles. The predicted molar refractivity (Wildman–Crippen MR) is 86.1 cm³/mol. The molecule has 2 amide bonds. The van der Waals surface area contributed by atoms with Crippen LogP contribution in [0.5, 0.6) is 0 Å². The lowest BCUT2D eigenvalue weighted by Gasteiger charge is -2.17. The number of rotatable bonds is 8. The molecular weight excluding hydrogens is 280 g/mol. The Morgan fingerprint density at radius 2 is 2.09 bits per heavy atom. The number of carbonyl (C=O) groups is 1. The number of nitrogens with one attached hydrogen (secondary N) is 2. The van der Waals surface area contributed by atoms with Crippen LogP contribution >= 0.6 is 0 Å². The van der Waals surface area contributed by atoms with Crippen molar-refractivity contribution in [3.8, 4) is 0 Å². The van der Waals surface area contributed by atoms with E-state index in [1.807, 2.05) is 6.20 Å². The Hall–Kier alpha value is -1.56. The molecule has 2 N–H and O–H groups in total. The molecule has 1 aromatic heterocycles. The minimum absolute atomic E-state index is 0.119. The van der Waals surface area contributed by atoms with E-state index in [9.17, 15) is 4.79 Å². The normalized spacial score (nSPS) is 15.2. The number of nitrogens with zero attached hydrogens (tertiary/aromatic N) is 2. The molecule has 1 aliphatic rings. The topological polar surface area (TPSA) is 68.2 Å². The molecule has 0 atom stereocenters. The molecule has 22 heavy (non-hydrogen) atoms. The number of ether oxygens (including phenoxy) is 1. The maximum atomic E-state index is 11.7. The Labute approximate surface area is 132 Å². The number of aryl methyl sites for hydroxylation is 1. The fourth-order valence-corrected chi connectivity index (χ4v) is 3.11. The number of imidazole rings is 1. The zero-order valence-corrected chi connectivity index (χ0v) is 13.7. The van der Waals surface area contributed by atoms with Gasteiger partial charge in [-0.1, -0.05) is 12.8 Å². The van der Waals surface area contributed by atoms with E-state index in [-0.39, 0.29) is 6.03 Å². The summed E-state index contributed by atoms with van der Waals surface area (Å²) < 4.78 is 7.31. The van der Waals surface area contributed by atoms with Crippen LogP contribution in [0.3, 0.4) is 0 Å². The molecule has 1 aliphatic carbocycles. The van der Waals surface area contributed by atoms with Gasteiger partial charge in [-0.15, -0.1) is 0 Å². The summed E-state index contributed by atoms with van der Waals surface area (Å²) >= 11 is 0. The van der Waals surface area contributed by atoms with Gasteiger partial charge in [0.1, 0.15) is 5.82 Å². The van der Waals surface area contributed by atoms with Crippen molar-refractivity contribution in [3.05, 3.63) is 17.7 Å². The van der Waals surface area contributed by atoms with Crippen LogP contribution in [0, 0.1) is 6.92 Å². The molecule has 6 heteroatoms. The molecule has 1 aromatic rings. The van der Waals surface area contributed by atoms with E-state index < -0.39 is 0 Å². The third kappa shape index (κ3) is 4.73. The lowest BCUT2D eigenvalue weighted by atomic mass is 10.2. The summed E-state index contributed by atoms with van der Waals surface area (Å²) in [6.07, 6.45) is 8.66. The van der Waals surface area contributed by atoms with Crippen LogP contribution in [-0.2, 0) is 11.2 Å². The van der Waals surface area contributed by atoms with E-state index in [1.165, 1.54) is 31.4 Å². The van der Waals surface area contributed by atoms with Gasteiger partial charge >= 0.3 is 6.03 Å². The van der Waals surface area contributed by atoms with Crippen molar-refractivity contribution >= 4 is 6.03 Å². The molecule has 0 aliphatic heterocycles. The van der Waals surface area contributed by atoms with E-state index in [1.54, 1.807) is 7.11 Å². The Morgan fingerprint density at radius 3 is 2.82 bits per heavy atom. The number of urea groups is 1. The summed E-state index contributed by atoms with van der Waals surface area (Å²) in [5.41, 5.74) is 1.23. The smallest absolute Gasteiger partial charge is 0.314 e. The summed E-state index contributed by atoms with van der Waals surface area (Å²) in [5.74, 6) is 1.09. The first-order valence-corrected chi connectivity index (χ1v) is 8.25. The summed E-state index contributed by atoms with van der Waals surface area (Å²) in [7, 11) is 1.66. The lowest BCUT2D eigenvalue weighted by Crippen LogP contribution is -2.37. The van der Waals surface area contributed by atoms with E-state index in [0.29, 0.717) is 25.7 Å². The first kappa shape index (κ1) is 16.8. The molecular formula is C16H28N4O2. The number of amides is 2. The highest BCUT2D eigenvalue weighted by atomic mass is 16.5. The minimum atomic E-state index is -0.119. The average molecular weight is 308 g/mol. The monoisotopic (exact) mass is 308 g/mol. The number of methoxy groups -OCH3 is 1. The van der Waals surface area contributed by atoms with Crippen molar-refractivity contribution in [2.75, 3.05) is 26.8 Å². The molecule has 6 nitrogen and oxygen atoms in total. The molecule has 2 rings (SSSR count). The summed E-state index contributed by atoms with van der Waals surface area (Å²) in [4.78, 5) is 16.2. The van der Waals surface area contributed by atoms with Gasteiger partial charge in [-0.25, -0.2) is 9.78 Å². The van der Waals surface area contributed by atoms with E-state index in [2.05, 4.69) is 27.1 Å². The number of carbonyl (C=O) groups excluding carboxylic acids is 1. The summed E-state index contributed by atoms with van der Waals surface area (Å²) in [6.45, 7) is 4.03. The highest BCUT2D eigenvalue weighted by molar-refractivity contribution is 5.73. The summed E-state index contributed by atoms with van der Waals surface area (Å²) in [6, 6.07) is 0.479. The van der Waals surface area contributed by atoms with E-state index in [0.717, 1.165) is 18.7 Å². The first-order chi connectivity index (χ1) is 10.7. The van der Waals surface area contributed by atoms with Crippen molar-refractivity contribution in [2.45, 2.75) is 51.5 Å². The minimum Gasteiger partial charge on any atom is -0.385 e. The zero-order valence-electron chi connectivity index (χ0n) is 13.7. The van der Waals surface area contributed by atoms with Gasteiger partial charge in [0.2, 0.25) is 0 Å². The lowest BCUT2D eigenvalue weighted by molar-refractivity contribution is 0.193. The van der Waals surface area contributed by atoms with Gasteiger partial charge in [0.15, 0.2) is 0 Å². The Kier molecular flexibility index (Phi) is 6.71. The second-order valence-corrected chi connectivity index (χ2v) is 5.90. The van der Waals surface area contributed by atoms with Crippen molar-refractivity contribution in [2.24, 2.45) is 0 Å². The Balaban J connectivity index is 1.74. The molecule has 124 valence electrons. The molecule has 0 bridgehead atoms. The van der Waals surface area contributed by atoms with Crippen LogP contribution in [0.1, 0.15) is 49.7 Å². The molecule has 0 unspecified atom stereocenters. The second-order valence-electron chi connectivity index (χ2n) is 5.90. The zero-order chi connectivity index (χ0) is 15.8. The van der Waals surface area contributed by atoms with Crippen molar-refractivity contribution in [1.29, 1.82) is 0 Å². The summed E-state index contributed by atoms with van der Waals surface area (Å²) in [5, 5.41) is 5.71. The molecule has 1 fully saturated rings. The predicted octanol–water partition coefficient (Wildman–Crippen LogP) is 2.18. The van der Waals surface area contributed by atoms with E-state index >= 15 is 0 Å². The van der Waals surface area contributed by atoms with E-state index in [4.69, 9.17) is 4.74 Å². The highest BCUT2D eigenvalue weighted by Gasteiger charge is 2.20. The molecule has 0 aromatic carbocycles. The molecule has 0 radical (unpaired) electrons. The van der Waals surface area contributed by atoms with Crippen LogP contribution in [0.2, 0.25) is 0 Å². The fourth-order valence-electron chi connectivity index (χ4n) is 3.11. The number of hydrogen-bond donors (Lipinski definition) is 2. The van der Waals surface area contributed by atoms with Gasteiger partial charge in [0, 0.05) is 51.2 Å². The number of aromatic nitrogens is 2. The SMILES string of the molecule is COCCCNC(=O)NCCc1ncc(C)n1C1CCCC1. The largest absolute Gasteiger partial charge is 0.385 e. The quantitative estimate of drug-likeness (QED) is 0.723. The van der Waals surface area contributed by atoms with Gasteiger partial charge < -0.3 is 19.9 Å². The van der Waals surface area contributed by atoms with Gasteiger partial charge in [0.25, 0.3) is 0 Å². The maximum absolute atomic E-state index is 11.7. The van der Waals surface area contributed by atoms with Crippen LogP contribution in [0.4, 0.5) is 4.79 Å². The fraction of sp³-hybridized carbons (Fsp3) is 0.750. The highest BCUT2D eigenvalue weighted by Crippen LogP contribution is 2.31. The Bertz CT molecular complexity index is 467. The standard InChI is InChI=1S/C16H28N4O2/c1-13-12-19-15(20(13)14-6-3-4-7-14)8-10-18-16(21)17-9-5-11-22-2/h12,14H,3-11H2,1-2H3,(H2,17,18,21). The van der Waals surface area contributed by atoms with Crippen molar-refractivity contribution in [1.82, 2.24) is 20.2 Å². The molecule has 0 saturated heterocycles. The average Bonchev–Trinajstić information content (AvgIpc) is 3.13. The van der Waals surface area contributed by atoms with Crippen LogP contribution < -0.4 is 10.6 Å². The second kappa shape index (κ2) is 8.78. The maximum Gasteiger partial charge on any atom is 0.314 e. The van der Waals surface area contributed by atoms with Gasteiger partial charge in [0.05, 0.1) is 0 Å². The Morgan fingerprint density at radius 1 is 1.36 bits per heavy atom. The van der Waals surface area contributed by atoms with Crippen molar-refractivity contribution in [3.63, 3.8) is 0 Å². The molecule has 0 spiro atoms.